The van der Waals surface area contributed by atoms with Gasteiger partial charge in [-0.25, -0.2) is 18.0 Å². The monoisotopic (exact) mass is 388 g/mol. The van der Waals surface area contributed by atoms with Gasteiger partial charge in [-0.05, 0) is 25.0 Å². The van der Waals surface area contributed by atoms with Crippen LogP contribution in [0.15, 0.2) is 12.1 Å². The number of carbonyl (C=O) groups is 1. The molecule has 12 heteroatoms. The second-order valence-corrected chi connectivity index (χ2v) is 7.66. The number of anilines is 1. The van der Waals surface area contributed by atoms with Crippen molar-refractivity contribution in [3.8, 4) is 0 Å². The second kappa shape index (κ2) is 9.08. The highest BCUT2D eigenvalue weighted by molar-refractivity contribution is 6.59. The van der Waals surface area contributed by atoms with E-state index in [-0.39, 0.29) is 18.9 Å². The molecule has 0 unspecified atom stereocenters. The molecule has 0 aliphatic heterocycles. The summed E-state index contributed by atoms with van der Waals surface area (Å²) in [4.78, 5) is 21.3. The molecule has 1 N–H and O–H groups in total. The number of urea groups is 1. The lowest BCUT2D eigenvalue weighted by atomic mass is 10.3. The average Bonchev–Trinajstić information content (AvgIpc) is 2.61. The molecular formula is C13H17F5N2O4Si. The summed E-state index contributed by atoms with van der Waals surface area (Å²) in [6, 6.07) is -0.963. The van der Waals surface area contributed by atoms with E-state index in [9.17, 15) is 31.7 Å². The lowest BCUT2D eigenvalue weighted by Gasteiger charge is -2.20. The van der Waals surface area contributed by atoms with Gasteiger partial charge in [0.25, 0.3) is 0 Å². The fourth-order valence-corrected chi connectivity index (χ4v) is 3.12. The highest BCUT2D eigenvalue weighted by atomic mass is 28.4. The summed E-state index contributed by atoms with van der Waals surface area (Å²) in [6.45, 7) is -0.581. The van der Waals surface area contributed by atoms with Gasteiger partial charge in [-0.1, -0.05) is 8.96 Å². The Morgan fingerprint density at radius 2 is 1.72 bits per heavy atom. The molecule has 0 aromatic heterocycles. The van der Waals surface area contributed by atoms with Crippen molar-refractivity contribution in [2.75, 3.05) is 25.9 Å². The molecular weight excluding hydrogens is 371 g/mol. The SMILES string of the molecule is CO[Si](O)(CCCCN(F)C(=O)N(F)c1ccc(F)c(F)c1F)OC. The molecule has 0 aliphatic rings. The Kier molecular flexibility index (Phi) is 7.73. The van der Waals surface area contributed by atoms with Crippen LogP contribution in [0.2, 0.25) is 6.04 Å². The number of benzene rings is 1. The van der Waals surface area contributed by atoms with Crippen LogP contribution in [0.3, 0.4) is 0 Å². The normalized spacial score (nSPS) is 11.5. The molecule has 0 atom stereocenters. The maximum Gasteiger partial charge on any atom is 0.497 e. The molecule has 1 rings (SSSR count). The smallest absolute Gasteiger partial charge is 0.390 e. The number of amides is 2. The Hall–Kier alpha value is -1.76. The lowest BCUT2D eigenvalue weighted by molar-refractivity contribution is 0.0615. The third kappa shape index (κ3) is 5.36. The Bertz CT molecular complexity index is 606. The van der Waals surface area contributed by atoms with Gasteiger partial charge in [0.2, 0.25) is 0 Å². The minimum Gasteiger partial charge on any atom is -0.390 e. The number of unbranched alkanes of at least 4 members (excludes halogenated alkanes) is 1. The molecule has 0 aliphatic carbocycles. The summed E-state index contributed by atoms with van der Waals surface area (Å²) in [5.74, 6) is -5.52. The molecule has 2 amide bonds. The van der Waals surface area contributed by atoms with Crippen molar-refractivity contribution in [1.29, 1.82) is 0 Å². The highest BCUT2D eigenvalue weighted by Crippen LogP contribution is 2.25. The number of hydrogen-bond acceptors (Lipinski definition) is 4. The fourth-order valence-electron chi connectivity index (χ4n) is 1.85. The Morgan fingerprint density at radius 1 is 1.12 bits per heavy atom. The van der Waals surface area contributed by atoms with E-state index in [1.54, 1.807) is 0 Å². The van der Waals surface area contributed by atoms with E-state index in [1.165, 1.54) is 14.2 Å². The first-order valence-corrected chi connectivity index (χ1v) is 9.03. The second-order valence-electron chi connectivity index (χ2n) is 4.92. The average molecular weight is 388 g/mol. The van der Waals surface area contributed by atoms with E-state index in [0.29, 0.717) is 12.1 Å². The van der Waals surface area contributed by atoms with Crippen molar-refractivity contribution >= 4 is 20.5 Å². The summed E-state index contributed by atoms with van der Waals surface area (Å²) < 4.78 is 76.2. The van der Waals surface area contributed by atoms with Crippen molar-refractivity contribution in [1.82, 2.24) is 5.12 Å². The van der Waals surface area contributed by atoms with Gasteiger partial charge >= 0.3 is 14.8 Å². The Labute approximate surface area is 141 Å². The quantitative estimate of drug-likeness (QED) is 0.244. The molecule has 0 radical (unpaired) electrons. The molecule has 0 bridgehead atoms. The zero-order valence-corrected chi connectivity index (χ0v) is 14.4. The van der Waals surface area contributed by atoms with Gasteiger partial charge in [0.05, 0.1) is 6.54 Å². The van der Waals surface area contributed by atoms with E-state index < -0.39 is 54.8 Å². The van der Waals surface area contributed by atoms with Crippen LogP contribution in [0.25, 0.3) is 0 Å². The van der Waals surface area contributed by atoms with Crippen LogP contribution in [-0.2, 0) is 8.85 Å². The van der Waals surface area contributed by atoms with Crippen molar-refractivity contribution in [2.45, 2.75) is 18.9 Å². The standard InChI is InChI=1S/C13H17F5N2O4Si/c1-23-25(22,24-2)8-4-3-7-19(17)13(21)20(18)10-6-5-9(14)11(15)12(10)16/h5-6,22H,3-4,7-8H2,1-2H3. The van der Waals surface area contributed by atoms with E-state index in [1.807, 2.05) is 0 Å². The van der Waals surface area contributed by atoms with Crippen LogP contribution in [0.4, 0.5) is 32.6 Å². The summed E-state index contributed by atoms with van der Waals surface area (Å²) in [5, 5.41) is -1.52. The fraction of sp³-hybridized carbons (Fsp3) is 0.462. The first-order chi connectivity index (χ1) is 11.7. The van der Waals surface area contributed by atoms with Crippen molar-refractivity contribution in [3.05, 3.63) is 29.6 Å². The van der Waals surface area contributed by atoms with E-state index in [4.69, 9.17) is 8.85 Å². The van der Waals surface area contributed by atoms with Gasteiger partial charge < -0.3 is 13.6 Å². The zero-order chi connectivity index (χ0) is 19.2. The zero-order valence-electron chi connectivity index (χ0n) is 13.4. The Morgan fingerprint density at radius 3 is 2.28 bits per heavy atom. The number of hydrogen-bond donors (Lipinski definition) is 1. The first-order valence-electron chi connectivity index (χ1n) is 7.06. The van der Waals surface area contributed by atoms with E-state index in [0.717, 1.165) is 0 Å². The molecule has 1 aromatic rings. The van der Waals surface area contributed by atoms with Gasteiger partial charge in [0.1, 0.15) is 5.69 Å². The predicted molar refractivity (Wildman–Crippen MR) is 79.1 cm³/mol. The summed E-state index contributed by atoms with van der Waals surface area (Å²) >= 11 is 0. The van der Waals surface area contributed by atoms with Crippen LogP contribution in [0, 0.1) is 17.5 Å². The molecule has 0 saturated heterocycles. The van der Waals surface area contributed by atoms with Gasteiger partial charge in [-0.2, -0.15) is 5.12 Å². The maximum absolute atomic E-state index is 13.8. The predicted octanol–water partition coefficient (Wildman–Crippen LogP) is 3.11. The van der Waals surface area contributed by atoms with E-state index >= 15 is 0 Å². The summed E-state index contributed by atoms with van der Waals surface area (Å²) in [5.41, 5.74) is -1.26. The molecule has 0 saturated carbocycles. The number of carbonyl (C=O) groups excluding carboxylic acids is 1. The number of nitrogens with zero attached hydrogens (tertiary/aromatic N) is 2. The van der Waals surface area contributed by atoms with Crippen molar-refractivity contribution < 1.29 is 40.6 Å². The van der Waals surface area contributed by atoms with E-state index in [2.05, 4.69) is 0 Å². The summed E-state index contributed by atoms with van der Waals surface area (Å²) in [7, 11) is -0.831. The Balaban J connectivity index is 2.60. The van der Waals surface area contributed by atoms with Gasteiger partial charge in [0, 0.05) is 20.3 Å². The molecule has 1 aromatic carbocycles. The molecule has 142 valence electrons. The van der Waals surface area contributed by atoms with Crippen LogP contribution >= 0.6 is 0 Å². The minimum atomic E-state index is -3.33. The molecule has 0 heterocycles. The highest BCUT2D eigenvalue weighted by Gasteiger charge is 2.33. The third-order valence-electron chi connectivity index (χ3n) is 3.34. The van der Waals surface area contributed by atoms with Gasteiger partial charge in [0.15, 0.2) is 17.5 Å². The van der Waals surface area contributed by atoms with Crippen LogP contribution < -0.4 is 5.12 Å². The van der Waals surface area contributed by atoms with Gasteiger partial charge in [-0.15, -0.1) is 5.12 Å². The van der Waals surface area contributed by atoms with Gasteiger partial charge in [-0.3, -0.25) is 0 Å². The molecule has 25 heavy (non-hydrogen) atoms. The molecule has 0 fully saturated rings. The van der Waals surface area contributed by atoms with Crippen LogP contribution in [-0.4, -0.2) is 45.5 Å². The number of halogens is 5. The molecule has 6 nitrogen and oxygen atoms in total. The van der Waals surface area contributed by atoms with Crippen molar-refractivity contribution in [2.24, 2.45) is 0 Å². The third-order valence-corrected chi connectivity index (χ3v) is 5.60. The topological polar surface area (TPSA) is 62.2 Å². The largest absolute Gasteiger partial charge is 0.497 e. The maximum atomic E-state index is 13.8. The molecule has 0 spiro atoms. The van der Waals surface area contributed by atoms with Crippen molar-refractivity contribution in [3.63, 3.8) is 0 Å². The lowest BCUT2D eigenvalue weighted by Crippen LogP contribution is -2.40. The minimum absolute atomic E-state index is 0.0123. The number of rotatable bonds is 8. The first kappa shape index (κ1) is 21.3. The summed E-state index contributed by atoms with van der Waals surface area (Å²) in [6.07, 6.45) is 0.211. The van der Waals surface area contributed by atoms with Crippen LogP contribution in [0.1, 0.15) is 12.8 Å². The van der Waals surface area contributed by atoms with Crippen LogP contribution in [0.5, 0.6) is 0 Å².